The molecule has 0 aromatic carbocycles. The summed E-state index contributed by atoms with van der Waals surface area (Å²) in [5.41, 5.74) is 0.393. The number of hydrogen-bond acceptors (Lipinski definition) is 7. The van der Waals surface area contributed by atoms with Crippen molar-refractivity contribution in [2.45, 2.75) is 90.3 Å². The van der Waals surface area contributed by atoms with Crippen LogP contribution >= 0.6 is 11.3 Å². The van der Waals surface area contributed by atoms with E-state index in [-0.39, 0.29) is 17.3 Å². The number of carbonyl (C=O) groups excluding carboxylic acids is 2. The van der Waals surface area contributed by atoms with Crippen molar-refractivity contribution in [1.29, 1.82) is 0 Å². The van der Waals surface area contributed by atoms with Crippen molar-refractivity contribution < 1.29 is 19.2 Å². The SMILES string of the molecule is CC1(C)CCC(=O)C2(CC(c3csc(C4CCN(C(=O)OC(C)(C)C)CC4)n3)=NO2)C1. The third-order valence-electron chi connectivity index (χ3n) is 6.40. The van der Waals surface area contributed by atoms with E-state index in [0.29, 0.717) is 38.3 Å². The summed E-state index contributed by atoms with van der Waals surface area (Å²) in [6.45, 7) is 11.4. The Bertz CT molecular complexity index is 893. The zero-order chi connectivity index (χ0) is 22.4. The minimum absolute atomic E-state index is 0.0776. The highest BCUT2D eigenvalue weighted by atomic mass is 32.1. The molecule has 0 N–H and O–H groups in total. The largest absolute Gasteiger partial charge is 0.444 e. The molecule has 2 fully saturated rings. The summed E-state index contributed by atoms with van der Waals surface area (Å²) in [7, 11) is 0. The number of carbonyl (C=O) groups is 2. The van der Waals surface area contributed by atoms with Gasteiger partial charge in [-0.15, -0.1) is 11.3 Å². The number of rotatable bonds is 2. The van der Waals surface area contributed by atoms with Crippen LogP contribution in [0.5, 0.6) is 0 Å². The van der Waals surface area contributed by atoms with Gasteiger partial charge in [-0.25, -0.2) is 9.78 Å². The van der Waals surface area contributed by atoms with Gasteiger partial charge in [-0.3, -0.25) is 4.79 Å². The summed E-state index contributed by atoms with van der Waals surface area (Å²) in [5, 5.41) is 7.39. The van der Waals surface area contributed by atoms with Crippen LogP contribution in [0.15, 0.2) is 10.5 Å². The third kappa shape index (κ3) is 4.78. The second-order valence-corrected chi connectivity index (χ2v) is 11.8. The summed E-state index contributed by atoms with van der Waals surface area (Å²) >= 11 is 1.63. The maximum absolute atomic E-state index is 12.6. The second kappa shape index (κ2) is 7.87. The number of thiazole rings is 1. The number of amides is 1. The van der Waals surface area contributed by atoms with E-state index in [4.69, 9.17) is 14.6 Å². The Balaban J connectivity index is 1.37. The van der Waals surface area contributed by atoms with Gasteiger partial charge in [0.15, 0.2) is 5.78 Å². The minimum atomic E-state index is -0.806. The minimum Gasteiger partial charge on any atom is -0.444 e. The monoisotopic (exact) mass is 447 g/mol. The predicted octanol–water partition coefficient (Wildman–Crippen LogP) is 4.90. The smallest absolute Gasteiger partial charge is 0.410 e. The van der Waals surface area contributed by atoms with Crippen LogP contribution in [0, 0.1) is 5.41 Å². The highest BCUT2D eigenvalue weighted by Crippen LogP contribution is 2.45. The molecular weight excluding hydrogens is 414 g/mol. The fourth-order valence-electron chi connectivity index (χ4n) is 4.74. The van der Waals surface area contributed by atoms with E-state index in [1.54, 1.807) is 16.2 Å². The first-order valence-electron chi connectivity index (χ1n) is 11.2. The summed E-state index contributed by atoms with van der Waals surface area (Å²) in [6.07, 6.45) is 4.15. The van der Waals surface area contributed by atoms with Gasteiger partial charge in [-0.2, -0.15) is 0 Å². The van der Waals surface area contributed by atoms with Gasteiger partial charge >= 0.3 is 6.09 Å². The molecule has 1 unspecified atom stereocenters. The molecular formula is C23H33N3O4S. The van der Waals surface area contributed by atoms with Crippen molar-refractivity contribution in [3.8, 4) is 0 Å². The Morgan fingerprint density at radius 1 is 1.29 bits per heavy atom. The number of ether oxygens (including phenoxy) is 1. The Kier molecular flexibility index (Phi) is 5.65. The third-order valence-corrected chi connectivity index (χ3v) is 7.41. The molecule has 1 saturated heterocycles. The molecule has 1 saturated carbocycles. The maximum Gasteiger partial charge on any atom is 0.410 e. The lowest BCUT2D eigenvalue weighted by molar-refractivity contribution is -0.151. The maximum atomic E-state index is 12.6. The molecule has 1 aromatic rings. The van der Waals surface area contributed by atoms with E-state index in [2.05, 4.69) is 19.0 Å². The van der Waals surface area contributed by atoms with Gasteiger partial charge in [0.1, 0.15) is 11.3 Å². The van der Waals surface area contributed by atoms with Gasteiger partial charge in [-0.05, 0) is 45.4 Å². The number of aromatic nitrogens is 1. The van der Waals surface area contributed by atoms with Gasteiger partial charge < -0.3 is 14.5 Å². The van der Waals surface area contributed by atoms with E-state index >= 15 is 0 Å². The van der Waals surface area contributed by atoms with Crippen LogP contribution in [0.1, 0.15) is 89.8 Å². The molecule has 3 aliphatic rings. The van der Waals surface area contributed by atoms with Crippen LogP contribution in [0.2, 0.25) is 0 Å². The van der Waals surface area contributed by atoms with E-state index < -0.39 is 11.2 Å². The molecule has 0 radical (unpaired) electrons. The average Bonchev–Trinajstić information content (AvgIpc) is 3.32. The first-order valence-corrected chi connectivity index (χ1v) is 12.1. The van der Waals surface area contributed by atoms with Crippen molar-refractivity contribution in [3.05, 3.63) is 16.1 Å². The number of ketones is 1. The first kappa shape index (κ1) is 22.2. The molecule has 3 heterocycles. The van der Waals surface area contributed by atoms with Crippen molar-refractivity contribution in [1.82, 2.24) is 9.88 Å². The highest BCUT2D eigenvalue weighted by molar-refractivity contribution is 7.10. The lowest BCUT2D eigenvalue weighted by Crippen LogP contribution is -2.47. The molecule has 2 aliphatic heterocycles. The second-order valence-electron chi connectivity index (χ2n) is 10.9. The molecule has 8 heteroatoms. The zero-order valence-corrected chi connectivity index (χ0v) is 20.0. The number of likely N-dealkylation sites (tertiary alicyclic amines) is 1. The van der Waals surface area contributed by atoms with Crippen LogP contribution in [-0.4, -0.2) is 51.8 Å². The lowest BCUT2D eigenvalue weighted by atomic mass is 9.67. The fourth-order valence-corrected chi connectivity index (χ4v) is 5.74. The molecule has 4 rings (SSSR count). The van der Waals surface area contributed by atoms with Crippen LogP contribution in [0.3, 0.4) is 0 Å². The molecule has 1 atom stereocenters. The number of nitrogens with zero attached hydrogens (tertiary/aromatic N) is 3. The molecule has 7 nitrogen and oxygen atoms in total. The Morgan fingerprint density at radius 2 is 2.00 bits per heavy atom. The van der Waals surface area contributed by atoms with Gasteiger partial charge in [0, 0.05) is 43.6 Å². The number of Topliss-reactive ketones (excluding diaryl/α,β-unsaturated/α-hetero) is 1. The van der Waals surface area contributed by atoms with Crippen molar-refractivity contribution >= 4 is 28.9 Å². The van der Waals surface area contributed by atoms with Gasteiger partial charge in [0.25, 0.3) is 0 Å². The normalized spacial score (nSPS) is 26.7. The molecule has 1 amide bonds. The summed E-state index contributed by atoms with van der Waals surface area (Å²) in [4.78, 5) is 37.3. The van der Waals surface area contributed by atoms with Gasteiger partial charge in [0.05, 0.1) is 10.7 Å². The van der Waals surface area contributed by atoms with Crippen molar-refractivity contribution in [2.75, 3.05) is 13.1 Å². The molecule has 1 aliphatic carbocycles. The van der Waals surface area contributed by atoms with E-state index in [1.165, 1.54) is 0 Å². The predicted molar refractivity (Wildman–Crippen MR) is 120 cm³/mol. The standard InChI is InChI=1S/C23H33N3O4S/c1-21(2,3)29-20(28)26-10-7-15(8-11-26)19-24-17(13-31-19)16-12-23(30-25-16)14-22(4,5)9-6-18(23)27/h13,15H,6-12,14H2,1-5H3. The van der Waals surface area contributed by atoms with E-state index in [1.807, 2.05) is 26.2 Å². The van der Waals surface area contributed by atoms with E-state index in [9.17, 15) is 9.59 Å². The van der Waals surface area contributed by atoms with Crippen molar-refractivity contribution in [3.63, 3.8) is 0 Å². The van der Waals surface area contributed by atoms with Crippen molar-refractivity contribution in [2.24, 2.45) is 10.6 Å². The zero-order valence-electron chi connectivity index (χ0n) is 19.2. The van der Waals surface area contributed by atoms with Crippen LogP contribution in [-0.2, 0) is 14.4 Å². The summed E-state index contributed by atoms with van der Waals surface area (Å²) < 4.78 is 5.48. The molecule has 1 aromatic heterocycles. The molecule has 0 bridgehead atoms. The number of piperidine rings is 1. The van der Waals surface area contributed by atoms with Crippen LogP contribution in [0.4, 0.5) is 4.79 Å². The Morgan fingerprint density at radius 3 is 2.68 bits per heavy atom. The Hall–Kier alpha value is -1.96. The molecule has 170 valence electrons. The summed E-state index contributed by atoms with van der Waals surface area (Å²) in [5.74, 6) is 0.486. The quantitative estimate of drug-likeness (QED) is 0.644. The van der Waals surface area contributed by atoms with Crippen LogP contribution < -0.4 is 0 Å². The number of oxime groups is 1. The molecule has 1 spiro atoms. The fraction of sp³-hybridized carbons (Fsp3) is 0.739. The van der Waals surface area contributed by atoms with Gasteiger partial charge in [-0.1, -0.05) is 19.0 Å². The highest BCUT2D eigenvalue weighted by Gasteiger charge is 2.52. The summed E-state index contributed by atoms with van der Waals surface area (Å²) in [6, 6.07) is 0. The van der Waals surface area contributed by atoms with E-state index in [0.717, 1.165) is 35.7 Å². The van der Waals surface area contributed by atoms with Gasteiger partial charge in [0.2, 0.25) is 5.60 Å². The molecule has 31 heavy (non-hydrogen) atoms. The Labute approximate surface area is 188 Å². The lowest BCUT2D eigenvalue weighted by Gasteiger charge is -2.39. The number of hydrogen-bond donors (Lipinski definition) is 0. The average molecular weight is 448 g/mol. The van der Waals surface area contributed by atoms with Crippen LogP contribution in [0.25, 0.3) is 0 Å². The topological polar surface area (TPSA) is 81.1 Å². The first-order chi connectivity index (χ1) is 14.5.